The molecule has 1 atom stereocenters. The Morgan fingerprint density at radius 2 is 1.88 bits per heavy atom. The topological polar surface area (TPSA) is 75.7 Å². The SMILES string of the molecule is CS(=O)(=O)N1CCCCC1C(=O)Nc1ccc(OC(F)(F)F)cc1. The number of hydrogen-bond donors (Lipinski definition) is 1. The van der Waals surface area contributed by atoms with Crippen LogP contribution in [-0.4, -0.2) is 43.8 Å². The Balaban J connectivity index is 2.05. The molecule has 1 amide bonds. The molecule has 10 heteroatoms. The molecule has 1 aromatic rings. The van der Waals surface area contributed by atoms with E-state index in [4.69, 9.17) is 0 Å². The van der Waals surface area contributed by atoms with Gasteiger partial charge in [0.1, 0.15) is 11.8 Å². The van der Waals surface area contributed by atoms with Gasteiger partial charge in [-0.25, -0.2) is 8.42 Å². The van der Waals surface area contributed by atoms with Crippen LogP contribution in [-0.2, 0) is 14.8 Å². The molecule has 0 saturated carbocycles. The molecule has 0 bridgehead atoms. The van der Waals surface area contributed by atoms with Gasteiger partial charge in [-0.15, -0.1) is 13.2 Å². The number of piperidine rings is 1. The standard InChI is InChI=1S/C14H17F3N2O4S/c1-24(21,22)19-9-3-2-4-12(19)13(20)18-10-5-7-11(8-6-10)23-14(15,16)17/h5-8,12H,2-4,9H2,1H3,(H,18,20). The van der Waals surface area contributed by atoms with Crippen LogP contribution in [0.4, 0.5) is 18.9 Å². The van der Waals surface area contributed by atoms with E-state index in [1.165, 1.54) is 12.1 Å². The van der Waals surface area contributed by atoms with Crippen molar-refractivity contribution < 1.29 is 31.1 Å². The molecule has 0 aromatic heterocycles. The van der Waals surface area contributed by atoms with Crippen molar-refractivity contribution in [1.82, 2.24) is 4.31 Å². The molecule has 0 spiro atoms. The number of halogens is 3. The van der Waals surface area contributed by atoms with E-state index in [1.807, 2.05) is 0 Å². The average molecular weight is 366 g/mol. The highest BCUT2D eigenvalue weighted by molar-refractivity contribution is 7.88. The van der Waals surface area contributed by atoms with E-state index in [0.717, 1.165) is 29.1 Å². The molecule has 0 aliphatic carbocycles. The van der Waals surface area contributed by atoms with Gasteiger partial charge in [0.25, 0.3) is 0 Å². The molecule has 2 rings (SSSR count). The van der Waals surface area contributed by atoms with Crippen molar-refractivity contribution in [3.63, 3.8) is 0 Å². The number of carbonyl (C=O) groups excluding carboxylic acids is 1. The third kappa shape index (κ3) is 5.10. The Kier molecular flexibility index (Phi) is 5.38. The molecule has 134 valence electrons. The van der Waals surface area contributed by atoms with Crippen LogP contribution in [0.25, 0.3) is 0 Å². The van der Waals surface area contributed by atoms with Gasteiger partial charge < -0.3 is 10.1 Å². The number of rotatable bonds is 4. The van der Waals surface area contributed by atoms with Crippen molar-refractivity contribution in [3.05, 3.63) is 24.3 Å². The van der Waals surface area contributed by atoms with Gasteiger partial charge in [0.2, 0.25) is 15.9 Å². The Labute approximate surface area is 137 Å². The molecule has 1 heterocycles. The number of sulfonamides is 1. The number of amides is 1. The summed E-state index contributed by atoms with van der Waals surface area (Å²) in [5.74, 6) is -0.916. The van der Waals surface area contributed by atoms with E-state index in [2.05, 4.69) is 10.1 Å². The van der Waals surface area contributed by atoms with Crippen LogP contribution in [0.15, 0.2) is 24.3 Å². The Bertz CT molecular complexity index is 689. The summed E-state index contributed by atoms with van der Waals surface area (Å²) in [7, 11) is -3.51. The maximum absolute atomic E-state index is 12.3. The molecule has 1 aliphatic heterocycles. The minimum absolute atomic E-state index is 0.258. The maximum atomic E-state index is 12.3. The van der Waals surface area contributed by atoms with Crippen molar-refractivity contribution in [3.8, 4) is 5.75 Å². The molecule has 24 heavy (non-hydrogen) atoms. The van der Waals surface area contributed by atoms with E-state index in [0.29, 0.717) is 12.8 Å². The molecule has 1 N–H and O–H groups in total. The summed E-state index contributed by atoms with van der Waals surface area (Å²) in [6, 6.07) is 3.83. The zero-order valence-electron chi connectivity index (χ0n) is 12.8. The number of carbonyl (C=O) groups is 1. The Hall–Kier alpha value is -1.81. The monoisotopic (exact) mass is 366 g/mol. The first-order chi connectivity index (χ1) is 11.1. The lowest BCUT2D eigenvalue weighted by atomic mass is 10.0. The summed E-state index contributed by atoms with van der Waals surface area (Å²) in [5.41, 5.74) is 0.258. The number of benzene rings is 1. The molecular weight excluding hydrogens is 349 g/mol. The van der Waals surface area contributed by atoms with E-state index < -0.39 is 34.1 Å². The van der Waals surface area contributed by atoms with Crippen molar-refractivity contribution in [2.75, 3.05) is 18.1 Å². The minimum Gasteiger partial charge on any atom is -0.406 e. The number of hydrogen-bond acceptors (Lipinski definition) is 4. The third-order valence-electron chi connectivity index (χ3n) is 3.54. The highest BCUT2D eigenvalue weighted by Crippen LogP contribution is 2.25. The summed E-state index contributed by atoms with van der Waals surface area (Å²) in [6.07, 6.45) is -1.94. The highest BCUT2D eigenvalue weighted by atomic mass is 32.2. The highest BCUT2D eigenvalue weighted by Gasteiger charge is 2.34. The molecule has 1 saturated heterocycles. The number of anilines is 1. The first kappa shape index (κ1) is 18.5. The van der Waals surface area contributed by atoms with Gasteiger partial charge in [-0.1, -0.05) is 6.42 Å². The fourth-order valence-corrected chi connectivity index (χ4v) is 3.65. The lowest BCUT2D eigenvalue weighted by Gasteiger charge is -2.32. The number of nitrogens with one attached hydrogen (secondary N) is 1. The van der Waals surface area contributed by atoms with Gasteiger partial charge in [0.15, 0.2) is 0 Å². The lowest BCUT2D eigenvalue weighted by Crippen LogP contribution is -2.49. The molecular formula is C14H17F3N2O4S. The summed E-state index contributed by atoms with van der Waals surface area (Å²) in [4.78, 5) is 12.3. The molecule has 0 radical (unpaired) electrons. The smallest absolute Gasteiger partial charge is 0.406 e. The maximum Gasteiger partial charge on any atom is 0.573 e. The summed E-state index contributed by atoms with van der Waals surface area (Å²) >= 11 is 0. The number of nitrogens with zero attached hydrogens (tertiary/aromatic N) is 1. The van der Waals surface area contributed by atoms with Crippen molar-refractivity contribution in [2.45, 2.75) is 31.7 Å². The second-order valence-electron chi connectivity index (χ2n) is 5.45. The summed E-state index contributed by atoms with van der Waals surface area (Å²) in [6.45, 7) is 0.273. The van der Waals surface area contributed by atoms with Crippen LogP contribution in [0.3, 0.4) is 0 Å². The van der Waals surface area contributed by atoms with Gasteiger partial charge in [-0.05, 0) is 37.1 Å². The van der Waals surface area contributed by atoms with Gasteiger partial charge in [0.05, 0.1) is 6.26 Å². The quantitative estimate of drug-likeness (QED) is 0.888. The minimum atomic E-state index is -4.79. The molecule has 1 aromatic carbocycles. The van der Waals surface area contributed by atoms with Gasteiger partial charge >= 0.3 is 6.36 Å². The molecule has 1 unspecified atom stereocenters. The zero-order valence-corrected chi connectivity index (χ0v) is 13.7. The average Bonchev–Trinajstić information content (AvgIpc) is 2.47. The molecule has 1 aliphatic rings. The molecule has 1 fully saturated rings. The summed E-state index contributed by atoms with van der Waals surface area (Å²) < 4.78 is 64.7. The fraction of sp³-hybridized carbons (Fsp3) is 0.500. The molecule has 6 nitrogen and oxygen atoms in total. The Morgan fingerprint density at radius 3 is 2.42 bits per heavy atom. The Morgan fingerprint density at radius 1 is 1.25 bits per heavy atom. The van der Waals surface area contributed by atoms with Crippen molar-refractivity contribution >= 4 is 21.6 Å². The first-order valence-electron chi connectivity index (χ1n) is 7.20. The predicted octanol–water partition coefficient (Wildman–Crippen LogP) is 2.34. The second-order valence-corrected chi connectivity index (χ2v) is 7.38. The number of alkyl halides is 3. The van der Waals surface area contributed by atoms with E-state index in [1.54, 1.807) is 0 Å². The lowest BCUT2D eigenvalue weighted by molar-refractivity contribution is -0.274. The summed E-state index contributed by atoms with van der Waals surface area (Å²) in [5, 5.41) is 2.52. The van der Waals surface area contributed by atoms with Crippen LogP contribution in [0.5, 0.6) is 5.75 Å². The van der Waals surface area contributed by atoms with Crippen LogP contribution in [0.1, 0.15) is 19.3 Å². The first-order valence-corrected chi connectivity index (χ1v) is 9.04. The fourth-order valence-electron chi connectivity index (χ4n) is 2.53. The van der Waals surface area contributed by atoms with Gasteiger partial charge in [-0.2, -0.15) is 4.31 Å². The van der Waals surface area contributed by atoms with Crippen molar-refractivity contribution in [1.29, 1.82) is 0 Å². The zero-order chi connectivity index (χ0) is 18.0. The van der Waals surface area contributed by atoms with Gasteiger partial charge in [-0.3, -0.25) is 4.79 Å². The van der Waals surface area contributed by atoms with Crippen LogP contribution >= 0.6 is 0 Å². The van der Waals surface area contributed by atoms with E-state index in [9.17, 15) is 26.4 Å². The van der Waals surface area contributed by atoms with E-state index in [-0.39, 0.29) is 12.2 Å². The van der Waals surface area contributed by atoms with Gasteiger partial charge in [0, 0.05) is 12.2 Å². The third-order valence-corrected chi connectivity index (χ3v) is 4.83. The van der Waals surface area contributed by atoms with Crippen LogP contribution in [0, 0.1) is 0 Å². The van der Waals surface area contributed by atoms with Crippen LogP contribution in [0.2, 0.25) is 0 Å². The largest absolute Gasteiger partial charge is 0.573 e. The second kappa shape index (κ2) is 6.98. The van der Waals surface area contributed by atoms with E-state index >= 15 is 0 Å². The van der Waals surface area contributed by atoms with Crippen LogP contribution < -0.4 is 10.1 Å². The van der Waals surface area contributed by atoms with Crippen molar-refractivity contribution in [2.24, 2.45) is 0 Å². The number of ether oxygens (including phenoxy) is 1. The normalized spacial score (nSPS) is 19.8. The predicted molar refractivity (Wildman–Crippen MR) is 80.9 cm³/mol.